The van der Waals surface area contributed by atoms with Gasteiger partial charge in [0.1, 0.15) is 6.47 Å². The third-order valence-electron chi connectivity index (χ3n) is 5.37. The van der Waals surface area contributed by atoms with Crippen LogP contribution in [0.15, 0.2) is 48.5 Å². The second kappa shape index (κ2) is 12.9. The average Bonchev–Trinajstić information content (AvgIpc) is 2.71. The molecular formula is C24H30Br4O2. The third kappa shape index (κ3) is 8.14. The van der Waals surface area contributed by atoms with E-state index in [-0.39, 0.29) is 18.0 Å². The lowest BCUT2D eigenvalue weighted by Gasteiger charge is -2.35. The van der Waals surface area contributed by atoms with Gasteiger partial charge in [-0.25, -0.2) is 0 Å². The largest absolute Gasteiger partial charge is 0.504 e. The van der Waals surface area contributed by atoms with Crippen molar-refractivity contribution in [1.29, 1.82) is 0 Å². The highest BCUT2D eigenvalue weighted by Crippen LogP contribution is 2.54. The van der Waals surface area contributed by atoms with Crippen LogP contribution in [0, 0.1) is 0 Å². The smallest absolute Gasteiger partial charge is 0.165 e. The van der Waals surface area contributed by atoms with Gasteiger partial charge in [0.2, 0.25) is 0 Å². The van der Waals surface area contributed by atoms with Crippen LogP contribution in [0.4, 0.5) is 0 Å². The number of aromatic hydroxyl groups is 2. The van der Waals surface area contributed by atoms with Crippen molar-refractivity contribution in [1.82, 2.24) is 0 Å². The summed E-state index contributed by atoms with van der Waals surface area (Å²) in [7, 11) is 0. The van der Waals surface area contributed by atoms with Crippen LogP contribution in [0.3, 0.4) is 0 Å². The van der Waals surface area contributed by atoms with Crippen molar-refractivity contribution in [2.24, 2.45) is 0 Å². The maximum absolute atomic E-state index is 9.60. The number of rotatable bonds is 1. The van der Waals surface area contributed by atoms with E-state index in [1.54, 1.807) is 12.1 Å². The highest BCUT2D eigenvalue weighted by atomic mass is 79.9. The molecule has 0 aromatic heterocycles. The minimum Gasteiger partial charge on any atom is -0.504 e. The molecule has 2 nitrogen and oxygen atoms in total. The van der Waals surface area contributed by atoms with Gasteiger partial charge in [0.05, 0.1) is 0 Å². The van der Waals surface area contributed by atoms with E-state index in [4.69, 9.17) is 0 Å². The maximum Gasteiger partial charge on any atom is 0.165 e. The monoisotopic (exact) mass is 666 g/mol. The Kier molecular flexibility index (Phi) is 11.2. The second-order valence-electron chi connectivity index (χ2n) is 7.78. The van der Waals surface area contributed by atoms with E-state index in [9.17, 15) is 10.2 Å². The number of halogens is 4. The second-order valence-corrected chi connectivity index (χ2v) is 15.3. The fourth-order valence-corrected chi connectivity index (χ4v) is 5.42. The minimum atomic E-state index is -0.0913. The Labute approximate surface area is 214 Å². The van der Waals surface area contributed by atoms with Gasteiger partial charge in [-0.3, -0.25) is 0 Å². The normalized spacial score (nSPS) is 19.5. The number of benzene rings is 2. The summed E-state index contributed by atoms with van der Waals surface area (Å²) >= 11 is 15.3. The van der Waals surface area contributed by atoms with Gasteiger partial charge in [-0.05, 0) is 24.5 Å². The van der Waals surface area contributed by atoms with Crippen LogP contribution >= 0.6 is 63.7 Å². The van der Waals surface area contributed by atoms with E-state index in [1.807, 2.05) is 30.3 Å². The lowest BCUT2D eigenvalue weighted by Crippen LogP contribution is -2.34. The van der Waals surface area contributed by atoms with Crippen LogP contribution < -0.4 is 0 Å². The molecule has 1 aliphatic carbocycles. The van der Waals surface area contributed by atoms with Crippen LogP contribution in [0.25, 0.3) is 11.1 Å². The van der Waals surface area contributed by atoms with E-state index in [2.05, 4.69) is 63.7 Å². The van der Waals surface area contributed by atoms with E-state index in [1.165, 1.54) is 57.4 Å². The quantitative estimate of drug-likeness (QED) is 0.235. The molecule has 30 heavy (non-hydrogen) atoms. The molecule has 0 heterocycles. The molecule has 1 aliphatic rings. The number of alkyl halides is 4. The lowest BCUT2D eigenvalue weighted by atomic mass is 10.0. The Bertz CT molecular complexity index is 741. The first-order chi connectivity index (χ1) is 14.2. The van der Waals surface area contributed by atoms with Crippen molar-refractivity contribution in [2.75, 3.05) is 0 Å². The molecule has 3 rings (SSSR count). The van der Waals surface area contributed by atoms with E-state index < -0.39 is 0 Å². The van der Waals surface area contributed by atoms with Crippen LogP contribution in [-0.2, 0) is 0 Å². The molecule has 0 saturated heterocycles. The van der Waals surface area contributed by atoms with E-state index in [0.29, 0.717) is 5.56 Å². The maximum atomic E-state index is 9.60. The zero-order valence-electron chi connectivity index (χ0n) is 17.1. The Morgan fingerprint density at radius 1 is 0.567 bits per heavy atom. The number of phenolic OH excluding ortho intramolecular Hbond substituents is 2. The summed E-state index contributed by atoms with van der Waals surface area (Å²) in [6.45, 7) is 0. The molecule has 0 aliphatic heterocycles. The molecule has 0 amide bonds. The predicted molar refractivity (Wildman–Crippen MR) is 143 cm³/mol. The van der Waals surface area contributed by atoms with Gasteiger partial charge in [0.15, 0.2) is 11.5 Å². The Balaban J connectivity index is 0.000000215. The molecule has 0 bridgehead atoms. The molecule has 2 aromatic carbocycles. The molecule has 2 aromatic rings. The van der Waals surface area contributed by atoms with E-state index in [0.717, 1.165) is 18.4 Å². The predicted octanol–water partition coefficient (Wildman–Crippen LogP) is 9.64. The molecule has 2 N–H and O–H groups in total. The SMILES string of the molecule is BrC1(Br)CCCCCCCCCCC1(Br)Br.Oc1cccc(-c2ccccc2)c1O. The van der Waals surface area contributed by atoms with Crippen LogP contribution in [0.1, 0.15) is 64.2 Å². The van der Waals surface area contributed by atoms with Gasteiger partial charge >= 0.3 is 0 Å². The fourth-order valence-electron chi connectivity index (χ4n) is 3.50. The highest BCUT2D eigenvalue weighted by Gasteiger charge is 2.43. The number of phenols is 2. The number of hydrogen-bond donors (Lipinski definition) is 2. The third-order valence-corrected chi connectivity index (χ3v) is 11.8. The van der Waals surface area contributed by atoms with E-state index >= 15 is 0 Å². The summed E-state index contributed by atoms with van der Waals surface area (Å²) in [5.74, 6) is -0.162. The first-order valence-electron chi connectivity index (χ1n) is 10.6. The summed E-state index contributed by atoms with van der Waals surface area (Å²) in [6, 6.07) is 14.4. The molecule has 0 unspecified atom stereocenters. The van der Waals surface area contributed by atoms with Crippen molar-refractivity contribution < 1.29 is 10.2 Å². The van der Waals surface area contributed by atoms with Crippen molar-refractivity contribution in [3.8, 4) is 22.6 Å². The van der Waals surface area contributed by atoms with Crippen LogP contribution in [-0.4, -0.2) is 16.7 Å². The zero-order valence-corrected chi connectivity index (χ0v) is 23.4. The zero-order chi connectivity index (χ0) is 22.0. The minimum absolute atomic E-state index is 0.0216. The van der Waals surface area contributed by atoms with Gasteiger partial charge in [0.25, 0.3) is 0 Å². The van der Waals surface area contributed by atoms with Gasteiger partial charge < -0.3 is 10.2 Å². The molecule has 1 saturated carbocycles. The lowest BCUT2D eigenvalue weighted by molar-refractivity contribution is 0.405. The molecule has 0 spiro atoms. The van der Waals surface area contributed by atoms with Gasteiger partial charge in [0, 0.05) is 5.56 Å². The Morgan fingerprint density at radius 3 is 1.53 bits per heavy atom. The molecule has 0 atom stereocenters. The van der Waals surface area contributed by atoms with Crippen LogP contribution in [0.5, 0.6) is 11.5 Å². The number of para-hydroxylation sites is 1. The summed E-state index contributed by atoms with van der Waals surface area (Å²) in [5.41, 5.74) is 1.53. The van der Waals surface area contributed by atoms with Crippen LogP contribution in [0.2, 0.25) is 0 Å². The van der Waals surface area contributed by atoms with Crippen molar-refractivity contribution >= 4 is 63.7 Å². The summed E-state index contributed by atoms with van der Waals surface area (Å²) in [4.78, 5) is 0. The van der Waals surface area contributed by atoms with Crippen molar-refractivity contribution in [2.45, 2.75) is 70.7 Å². The highest BCUT2D eigenvalue weighted by molar-refractivity contribution is 9.30. The Morgan fingerprint density at radius 2 is 1.03 bits per heavy atom. The first-order valence-corrected chi connectivity index (χ1v) is 13.7. The van der Waals surface area contributed by atoms with Crippen molar-refractivity contribution in [3.63, 3.8) is 0 Å². The van der Waals surface area contributed by atoms with Gasteiger partial charge in [-0.2, -0.15) is 0 Å². The van der Waals surface area contributed by atoms with Gasteiger partial charge in [-0.15, -0.1) is 0 Å². The molecule has 1 fully saturated rings. The first kappa shape index (κ1) is 26.2. The molecule has 166 valence electrons. The molecule has 0 radical (unpaired) electrons. The number of hydrogen-bond acceptors (Lipinski definition) is 2. The van der Waals surface area contributed by atoms with Crippen molar-refractivity contribution in [3.05, 3.63) is 48.5 Å². The van der Waals surface area contributed by atoms with Gasteiger partial charge in [-0.1, -0.05) is 158 Å². The fraction of sp³-hybridized carbons (Fsp3) is 0.500. The summed E-state index contributed by atoms with van der Waals surface area (Å²) in [6.07, 6.45) is 13.2. The topological polar surface area (TPSA) is 40.5 Å². The summed E-state index contributed by atoms with van der Waals surface area (Å²) < 4.78 is -0.0433. The average molecular weight is 670 g/mol. The molecular weight excluding hydrogens is 640 g/mol. The Hall–Kier alpha value is -0.0400. The standard InChI is InChI=1S/C12H20Br4.C12H10O2/c13-11(14)9-7-5-3-1-2-4-6-8-10-12(11,15)16;13-11-8-4-7-10(12(11)14)9-5-2-1-3-6-9/h1-10H2;1-8,13-14H. The molecule has 6 heteroatoms. The summed E-state index contributed by atoms with van der Waals surface area (Å²) in [5, 5.41) is 18.9.